The molecule has 0 bridgehead atoms. The summed E-state index contributed by atoms with van der Waals surface area (Å²) in [5.41, 5.74) is 11.8. The SMILES string of the molecule is C1=Cc2sc3c(-c4cc5c6c(c4)c4ccccc4c4cccc(c46)C54c5cccc6c7ccccc7c7cc(-c8cccc9c8sc8ccccc89)cc4c7c56)cccc3c2CC1. The van der Waals surface area contributed by atoms with E-state index in [1.54, 1.807) is 0 Å². The standard InChI is InChI=1S/C61H34S2/c1-3-15-39-37(13-1)43-21-11-25-49-55(43)57-47(39)29-33(35-19-9-23-45-41-17-5-7-27-53(41)62-59(35)45)31-51(57)61(49)50-26-12-22-44-38-14-2-4-16-40(38)48-30-34(32-52(61)58(48)56(44)50)36-20-10-24-46-42-18-6-8-28-54(42)63-60(36)46/h1-5,7-17,19-32H,6,18H2. The molecule has 2 aromatic heterocycles. The van der Waals surface area contributed by atoms with Gasteiger partial charge >= 0.3 is 0 Å². The van der Waals surface area contributed by atoms with Crippen molar-refractivity contribution >= 4 is 124 Å². The smallest absolute Gasteiger partial charge is 0.0726 e. The lowest BCUT2D eigenvalue weighted by Crippen LogP contribution is -2.26. The van der Waals surface area contributed by atoms with Gasteiger partial charge in [-0.1, -0.05) is 146 Å². The number of benzene rings is 11. The summed E-state index contributed by atoms with van der Waals surface area (Å²) in [6.07, 6.45) is 6.93. The van der Waals surface area contributed by atoms with Gasteiger partial charge in [0.15, 0.2) is 0 Å². The van der Waals surface area contributed by atoms with E-state index in [-0.39, 0.29) is 0 Å². The van der Waals surface area contributed by atoms with E-state index in [1.165, 1.54) is 150 Å². The van der Waals surface area contributed by atoms with Gasteiger partial charge in [0.05, 0.1) is 5.41 Å². The largest absolute Gasteiger partial charge is 0.135 e. The Morgan fingerprint density at radius 3 is 1.46 bits per heavy atom. The fourth-order valence-electron chi connectivity index (χ4n) is 12.8. The Morgan fingerprint density at radius 2 is 0.841 bits per heavy atom. The van der Waals surface area contributed by atoms with Crippen LogP contribution < -0.4 is 0 Å². The van der Waals surface area contributed by atoms with Gasteiger partial charge in [-0.3, -0.25) is 0 Å². The van der Waals surface area contributed by atoms with Crippen molar-refractivity contribution in [2.75, 3.05) is 0 Å². The van der Waals surface area contributed by atoms with E-state index in [2.05, 4.69) is 182 Å². The molecule has 2 heterocycles. The number of rotatable bonds is 2. The van der Waals surface area contributed by atoms with Crippen LogP contribution >= 0.6 is 22.7 Å². The van der Waals surface area contributed by atoms with E-state index in [4.69, 9.17) is 0 Å². The summed E-state index contributed by atoms with van der Waals surface area (Å²) in [7, 11) is 0. The molecule has 2 heteroatoms. The minimum Gasteiger partial charge on any atom is -0.135 e. The molecule has 16 rings (SSSR count). The molecule has 0 amide bonds. The Kier molecular flexibility index (Phi) is 6.21. The van der Waals surface area contributed by atoms with Crippen molar-refractivity contribution in [1.82, 2.24) is 0 Å². The molecule has 13 aromatic rings. The lowest BCUT2D eigenvalue weighted by molar-refractivity contribution is 0.801. The van der Waals surface area contributed by atoms with E-state index in [0.717, 1.165) is 12.8 Å². The summed E-state index contributed by atoms with van der Waals surface area (Å²) in [6.45, 7) is 0. The second-order valence-corrected chi connectivity index (χ2v) is 20.1. The van der Waals surface area contributed by atoms with Crippen LogP contribution in [0, 0.1) is 0 Å². The van der Waals surface area contributed by atoms with E-state index in [1.807, 2.05) is 22.7 Å². The van der Waals surface area contributed by atoms with Crippen molar-refractivity contribution in [3.8, 4) is 22.3 Å². The Labute approximate surface area is 370 Å². The normalized spacial score (nSPS) is 16.1. The van der Waals surface area contributed by atoms with Gasteiger partial charge in [-0.2, -0.15) is 0 Å². The predicted octanol–water partition coefficient (Wildman–Crippen LogP) is 17.5. The Balaban J connectivity index is 1.11. The molecule has 1 spiro atoms. The van der Waals surface area contributed by atoms with Gasteiger partial charge in [-0.15, -0.1) is 22.7 Å². The van der Waals surface area contributed by atoms with Gasteiger partial charge in [-0.05, 0) is 169 Å². The van der Waals surface area contributed by atoms with Crippen molar-refractivity contribution in [2.45, 2.75) is 18.3 Å². The van der Waals surface area contributed by atoms with Crippen molar-refractivity contribution < 1.29 is 0 Å². The summed E-state index contributed by atoms with van der Waals surface area (Å²) >= 11 is 3.90. The molecule has 290 valence electrons. The topological polar surface area (TPSA) is 0 Å². The third kappa shape index (κ3) is 3.96. The molecule has 0 aliphatic heterocycles. The second kappa shape index (κ2) is 11.7. The van der Waals surface area contributed by atoms with Gasteiger partial charge in [-0.25, -0.2) is 0 Å². The fourth-order valence-corrected chi connectivity index (χ4v) is 15.4. The maximum Gasteiger partial charge on any atom is 0.0726 e. The minimum atomic E-state index is -0.541. The molecule has 1 unspecified atom stereocenters. The maximum atomic E-state index is 2.63. The van der Waals surface area contributed by atoms with Gasteiger partial charge in [0, 0.05) is 29.7 Å². The molecule has 0 N–H and O–H groups in total. The zero-order chi connectivity index (χ0) is 40.7. The third-order valence-corrected chi connectivity index (χ3v) is 17.7. The van der Waals surface area contributed by atoms with E-state index < -0.39 is 5.41 Å². The highest BCUT2D eigenvalue weighted by atomic mass is 32.1. The van der Waals surface area contributed by atoms with E-state index in [0.29, 0.717) is 0 Å². The summed E-state index contributed by atoms with van der Waals surface area (Å²) in [5, 5.41) is 20.4. The van der Waals surface area contributed by atoms with Crippen LogP contribution in [0.1, 0.15) is 39.1 Å². The predicted molar refractivity (Wildman–Crippen MR) is 273 cm³/mol. The number of allylic oxidation sites excluding steroid dienone is 1. The quantitative estimate of drug-likeness (QED) is 0.152. The van der Waals surface area contributed by atoms with Gasteiger partial charge in [0.1, 0.15) is 0 Å². The molecule has 0 saturated carbocycles. The number of hydrogen-bond donors (Lipinski definition) is 0. The number of hydrogen-bond acceptors (Lipinski definition) is 2. The maximum absolute atomic E-state index is 2.63. The molecule has 0 nitrogen and oxygen atoms in total. The van der Waals surface area contributed by atoms with E-state index in [9.17, 15) is 0 Å². The first-order chi connectivity index (χ1) is 31.3. The fraction of sp³-hybridized carbons (Fsp3) is 0.0492. The van der Waals surface area contributed by atoms with Gasteiger partial charge in [0.25, 0.3) is 0 Å². The van der Waals surface area contributed by atoms with E-state index >= 15 is 0 Å². The third-order valence-electron chi connectivity index (χ3n) is 15.2. The average Bonchev–Trinajstić information content (AvgIpc) is 4.09. The Bertz CT molecular complexity index is 4310. The van der Waals surface area contributed by atoms with Gasteiger partial charge < -0.3 is 0 Å². The van der Waals surface area contributed by atoms with Crippen LogP contribution in [0.2, 0.25) is 0 Å². The molecule has 0 radical (unpaired) electrons. The monoisotopic (exact) mass is 830 g/mol. The van der Waals surface area contributed by atoms with Crippen LogP contribution in [0.4, 0.5) is 0 Å². The van der Waals surface area contributed by atoms with Gasteiger partial charge in [0.2, 0.25) is 0 Å². The zero-order valence-corrected chi connectivity index (χ0v) is 35.7. The van der Waals surface area contributed by atoms with Crippen LogP contribution in [0.3, 0.4) is 0 Å². The summed E-state index contributed by atoms with van der Waals surface area (Å²) in [4.78, 5) is 1.42. The molecular formula is C61H34S2. The van der Waals surface area contributed by atoms with Crippen molar-refractivity contribution in [1.29, 1.82) is 0 Å². The summed E-state index contributed by atoms with van der Waals surface area (Å²) < 4.78 is 4.09. The van der Waals surface area contributed by atoms with Crippen LogP contribution in [0.15, 0.2) is 176 Å². The van der Waals surface area contributed by atoms with Crippen LogP contribution in [0.5, 0.6) is 0 Å². The molecular weight excluding hydrogens is 797 g/mol. The highest BCUT2D eigenvalue weighted by Crippen LogP contribution is 2.65. The Morgan fingerprint density at radius 1 is 0.365 bits per heavy atom. The Hall–Kier alpha value is -7.10. The minimum absolute atomic E-state index is 0.541. The first kappa shape index (κ1) is 33.5. The summed E-state index contributed by atoms with van der Waals surface area (Å²) in [5.74, 6) is 0. The van der Waals surface area contributed by atoms with Crippen LogP contribution in [-0.4, -0.2) is 0 Å². The van der Waals surface area contributed by atoms with Crippen molar-refractivity contribution in [3.63, 3.8) is 0 Å². The molecule has 0 fully saturated rings. The van der Waals surface area contributed by atoms with Crippen LogP contribution in [-0.2, 0) is 11.8 Å². The molecule has 3 aliphatic carbocycles. The van der Waals surface area contributed by atoms with Crippen LogP contribution in [0.25, 0.3) is 123 Å². The van der Waals surface area contributed by atoms with Crippen molar-refractivity contribution in [3.05, 3.63) is 209 Å². The summed E-state index contributed by atoms with van der Waals surface area (Å²) in [6, 6.07) is 66.0. The zero-order valence-electron chi connectivity index (χ0n) is 34.1. The molecule has 11 aromatic carbocycles. The molecule has 3 aliphatic rings. The lowest BCUT2D eigenvalue weighted by atomic mass is 9.69. The number of thiophene rings is 2. The number of fused-ring (bicyclic) bond motifs is 16. The number of aryl methyl sites for hydroxylation is 1. The molecule has 0 saturated heterocycles. The average molecular weight is 831 g/mol. The molecule has 63 heavy (non-hydrogen) atoms. The first-order valence-corrected chi connectivity index (χ1v) is 23.9. The first-order valence-electron chi connectivity index (χ1n) is 22.2. The lowest BCUT2D eigenvalue weighted by Gasteiger charge is -2.32. The molecule has 1 atom stereocenters. The highest BCUT2D eigenvalue weighted by molar-refractivity contribution is 7.26. The van der Waals surface area contributed by atoms with Crippen molar-refractivity contribution in [2.24, 2.45) is 0 Å². The second-order valence-electron chi connectivity index (χ2n) is 18.0. The highest BCUT2D eigenvalue weighted by Gasteiger charge is 2.51.